The minimum Gasteiger partial charge on any atom is -0.383 e. The lowest BCUT2D eigenvalue weighted by Gasteiger charge is -1.98. The highest BCUT2D eigenvalue weighted by molar-refractivity contribution is 14.1. The van der Waals surface area contributed by atoms with Crippen molar-refractivity contribution in [3.8, 4) is 0 Å². The summed E-state index contributed by atoms with van der Waals surface area (Å²) < 4.78 is 0.746. The summed E-state index contributed by atoms with van der Waals surface area (Å²) in [5, 5.41) is 16.9. The van der Waals surface area contributed by atoms with E-state index in [-0.39, 0.29) is 5.69 Å². The summed E-state index contributed by atoms with van der Waals surface area (Å²) in [6, 6.07) is 4.56. The Morgan fingerprint density at radius 3 is 2.95 bits per heavy atom. The molecule has 0 unspecified atom stereocenters. The molecule has 0 aliphatic rings. The lowest BCUT2D eigenvalue weighted by atomic mass is 10.2. The molecule has 1 aromatic carbocycles. The molecule has 0 atom stereocenters. The normalized spacial score (nSPS) is 10.8. The Morgan fingerprint density at radius 2 is 2.37 bits per heavy atom. The summed E-state index contributed by atoms with van der Waals surface area (Å²) in [6.07, 6.45) is 1.57. The van der Waals surface area contributed by atoms with E-state index >= 15 is 0 Å². The fourth-order valence-electron chi connectivity index (χ4n) is 1.23. The van der Waals surface area contributed by atoms with Crippen LogP contribution < -0.4 is 11.2 Å². The van der Waals surface area contributed by atoms with E-state index in [0.717, 1.165) is 9.13 Å². The topological polar surface area (TPSA) is 106 Å². The van der Waals surface area contributed by atoms with Crippen LogP contribution in [0.4, 0.5) is 16.6 Å². The van der Waals surface area contributed by atoms with Gasteiger partial charge in [-0.25, -0.2) is 4.98 Å². The predicted octanol–water partition coefficient (Wildman–Crippen LogP) is 2.68. The Bertz CT molecular complexity index is 643. The van der Waals surface area contributed by atoms with Crippen molar-refractivity contribution in [2.75, 3.05) is 11.2 Å². The molecule has 7 nitrogen and oxygen atoms in total. The molecule has 2 aromatic rings. The summed E-state index contributed by atoms with van der Waals surface area (Å²) >= 11 is 3.36. The van der Waals surface area contributed by atoms with Crippen molar-refractivity contribution in [1.29, 1.82) is 0 Å². The third-order valence-electron chi connectivity index (χ3n) is 2.08. The third-order valence-corrected chi connectivity index (χ3v) is 3.78. The number of non-ortho nitro benzene ring substituents is 1. The van der Waals surface area contributed by atoms with Crippen molar-refractivity contribution in [2.45, 2.75) is 0 Å². The van der Waals surface area contributed by atoms with Crippen LogP contribution in [0.1, 0.15) is 5.56 Å². The van der Waals surface area contributed by atoms with Gasteiger partial charge < -0.3 is 5.73 Å². The summed E-state index contributed by atoms with van der Waals surface area (Å²) in [5.41, 5.74) is 9.05. The molecule has 0 aliphatic heterocycles. The number of nitrogen functional groups attached to an aromatic ring is 1. The Hall–Kier alpha value is -1.75. The zero-order valence-corrected chi connectivity index (χ0v) is 12.4. The predicted molar refractivity (Wildman–Crippen MR) is 83.6 cm³/mol. The number of nitrogens with zero attached hydrogens (tertiary/aromatic N) is 3. The first-order valence-corrected chi connectivity index (χ1v) is 6.96. The minimum absolute atomic E-state index is 0.0576. The van der Waals surface area contributed by atoms with Gasteiger partial charge in [-0.15, -0.1) is 11.3 Å². The number of hydrazone groups is 1. The first kappa shape index (κ1) is 13.7. The largest absolute Gasteiger partial charge is 0.383 e. The fourth-order valence-corrected chi connectivity index (χ4v) is 2.42. The number of benzene rings is 1. The summed E-state index contributed by atoms with van der Waals surface area (Å²) in [6.45, 7) is 0. The number of nitrogens with two attached hydrogens (primary N) is 1. The van der Waals surface area contributed by atoms with Crippen molar-refractivity contribution in [3.63, 3.8) is 0 Å². The second-order valence-corrected chi connectivity index (χ2v) is 5.43. The van der Waals surface area contributed by atoms with Gasteiger partial charge in [-0.05, 0) is 28.7 Å². The van der Waals surface area contributed by atoms with Crippen LogP contribution in [-0.4, -0.2) is 16.1 Å². The molecule has 1 aromatic heterocycles. The molecule has 3 N–H and O–H groups in total. The summed E-state index contributed by atoms with van der Waals surface area (Å²) in [5.74, 6) is 0.438. The number of anilines is 2. The van der Waals surface area contributed by atoms with Crippen LogP contribution >= 0.6 is 33.9 Å². The van der Waals surface area contributed by atoms with E-state index in [2.05, 4.69) is 15.5 Å². The van der Waals surface area contributed by atoms with Gasteiger partial charge in [-0.1, -0.05) is 0 Å². The summed E-state index contributed by atoms with van der Waals surface area (Å²) in [7, 11) is 0. The van der Waals surface area contributed by atoms with Gasteiger partial charge in [0.25, 0.3) is 5.69 Å². The molecule has 0 saturated carbocycles. The van der Waals surface area contributed by atoms with Crippen LogP contribution in [0.15, 0.2) is 28.7 Å². The monoisotopic (exact) mass is 389 g/mol. The Balaban J connectivity index is 2.08. The van der Waals surface area contributed by atoms with Crippen LogP contribution in [0.25, 0.3) is 0 Å². The molecule has 0 saturated heterocycles. The molecule has 0 spiro atoms. The fraction of sp³-hybridized carbons (Fsp3) is 0. The smallest absolute Gasteiger partial charge is 0.270 e. The van der Waals surface area contributed by atoms with Crippen molar-refractivity contribution in [1.82, 2.24) is 4.98 Å². The van der Waals surface area contributed by atoms with E-state index in [0.29, 0.717) is 10.9 Å². The van der Waals surface area contributed by atoms with Gasteiger partial charge in [0, 0.05) is 26.6 Å². The number of halogens is 1. The van der Waals surface area contributed by atoms with Crippen molar-refractivity contribution < 1.29 is 4.92 Å². The number of nitrogens with one attached hydrogen (secondary N) is 1. The highest BCUT2D eigenvalue weighted by atomic mass is 127. The SMILES string of the molecule is Nc1csc(NN=Cc2ccc([N+](=O)[O-])cc2I)n1. The molecule has 98 valence electrons. The Morgan fingerprint density at radius 1 is 1.58 bits per heavy atom. The van der Waals surface area contributed by atoms with E-state index in [1.54, 1.807) is 17.7 Å². The standard InChI is InChI=1S/C10H8IN5O2S/c11-8-3-7(16(17)18)2-1-6(8)4-13-15-10-14-9(12)5-19-10/h1-5H,12H2,(H,14,15). The molecule has 0 aliphatic carbocycles. The second kappa shape index (κ2) is 5.93. The molecule has 0 fully saturated rings. The van der Waals surface area contributed by atoms with Gasteiger partial charge in [-0.2, -0.15) is 5.10 Å². The van der Waals surface area contributed by atoms with E-state index in [4.69, 9.17) is 5.73 Å². The quantitative estimate of drug-likeness (QED) is 0.362. The van der Waals surface area contributed by atoms with E-state index in [1.807, 2.05) is 22.6 Å². The van der Waals surface area contributed by atoms with E-state index in [9.17, 15) is 10.1 Å². The van der Waals surface area contributed by atoms with Crippen molar-refractivity contribution in [2.24, 2.45) is 5.10 Å². The third kappa shape index (κ3) is 3.61. The molecule has 19 heavy (non-hydrogen) atoms. The number of nitro benzene ring substituents is 1. The number of nitro groups is 1. The minimum atomic E-state index is -0.431. The number of rotatable bonds is 4. The Labute approximate surface area is 125 Å². The van der Waals surface area contributed by atoms with E-state index in [1.165, 1.54) is 23.5 Å². The molecule has 0 radical (unpaired) electrons. The molecular formula is C10H8IN5O2S. The molecule has 0 bridgehead atoms. The number of hydrogen-bond donors (Lipinski definition) is 2. The zero-order valence-electron chi connectivity index (χ0n) is 9.41. The number of hydrogen-bond acceptors (Lipinski definition) is 7. The molecule has 1 heterocycles. The maximum absolute atomic E-state index is 10.6. The number of thiazole rings is 1. The van der Waals surface area contributed by atoms with Gasteiger partial charge >= 0.3 is 0 Å². The van der Waals surface area contributed by atoms with E-state index < -0.39 is 4.92 Å². The molecule has 0 amide bonds. The summed E-state index contributed by atoms with van der Waals surface area (Å²) in [4.78, 5) is 14.2. The average Bonchev–Trinajstić information content (AvgIpc) is 2.77. The lowest BCUT2D eigenvalue weighted by Crippen LogP contribution is -1.95. The van der Waals surface area contributed by atoms with Crippen LogP contribution in [-0.2, 0) is 0 Å². The van der Waals surface area contributed by atoms with Gasteiger partial charge in [0.1, 0.15) is 5.82 Å². The zero-order chi connectivity index (χ0) is 13.8. The van der Waals surface area contributed by atoms with Crippen LogP contribution in [0.3, 0.4) is 0 Å². The van der Waals surface area contributed by atoms with Gasteiger partial charge in [0.15, 0.2) is 0 Å². The number of aromatic nitrogens is 1. The van der Waals surface area contributed by atoms with Crippen molar-refractivity contribution in [3.05, 3.63) is 42.8 Å². The Kier molecular flexibility index (Phi) is 4.27. The van der Waals surface area contributed by atoms with Crippen LogP contribution in [0.5, 0.6) is 0 Å². The molecule has 9 heteroatoms. The molecule has 2 rings (SSSR count). The van der Waals surface area contributed by atoms with Gasteiger partial charge in [-0.3, -0.25) is 15.5 Å². The highest BCUT2D eigenvalue weighted by Gasteiger charge is 2.07. The van der Waals surface area contributed by atoms with Crippen LogP contribution in [0.2, 0.25) is 0 Å². The van der Waals surface area contributed by atoms with Gasteiger partial charge in [0.2, 0.25) is 5.13 Å². The first-order valence-electron chi connectivity index (χ1n) is 5.00. The maximum atomic E-state index is 10.6. The lowest BCUT2D eigenvalue weighted by molar-refractivity contribution is -0.384. The van der Waals surface area contributed by atoms with Crippen molar-refractivity contribution >= 4 is 56.8 Å². The second-order valence-electron chi connectivity index (χ2n) is 3.41. The van der Waals surface area contributed by atoms with Crippen LogP contribution in [0, 0.1) is 13.7 Å². The maximum Gasteiger partial charge on any atom is 0.270 e. The molecular weight excluding hydrogens is 381 g/mol. The van der Waals surface area contributed by atoms with Gasteiger partial charge in [0.05, 0.1) is 11.1 Å². The average molecular weight is 389 g/mol. The highest BCUT2D eigenvalue weighted by Crippen LogP contribution is 2.19. The first-order chi connectivity index (χ1) is 9.06.